The predicted octanol–water partition coefficient (Wildman–Crippen LogP) is 9.55. The van der Waals surface area contributed by atoms with E-state index >= 15 is 0 Å². The zero-order valence-electron chi connectivity index (χ0n) is 33.0. The molecule has 0 aromatic rings. The van der Waals surface area contributed by atoms with Crippen LogP contribution in [0.2, 0.25) is 4.44 Å². The van der Waals surface area contributed by atoms with Gasteiger partial charge in [0.1, 0.15) is 0 Å². The minimum atomic E-state index is -0.627. The molecule has 0 fully saturated rings. The summed E-state index contributed by atoms with van der Waals surface area (Å²) in [6.45, 7) is 8.88. The molecule has 0 aliphatic heterocycles. The van der Waals surface area contributed by atoms with Gasteiger partial charge in [-0.1, -0.05) is 175 Å². The fraction of sp³-hybridized carbons (Fsp3) is 0.925. The normalized spacial score (nSPS) is 10.1. The van der Waals surface area contributed by atoms with Crippen molar-refractivity contribution in [3.8, 4) is 0 Å². The Bertz CT molecular complexity index is 567. The molecule has 0 rings (SSSR count). The molecule has 0 unspecified atom stereocenters. The molecule has 296 valence electrons. The van der Waals surface area contributed by atoms with Crippen LogP contribution in [-0.2, 0) is 29.0 Å². The van der Waals surface area contributed by atoms with Gasteiger partial charge in [-0.25, -0.2) is 0 Å². The first kappa shape index (κ1) is 55.8. The van der Waals surface area contributed by atoms with E-state index in [0.717, 1.165) is 57.8 Å². The van der Waals surface area contributed by atoms with Crippen molar-refractivity contribution in [1.82, 2.24) is 0 Å². The zero-order chi connectivity index (χ0) is 38.2. The first-order chi connectivity index (χ1) is 24.3. The molecule has 0 amide bonds. The molecule has 0 aliphatic carbocycles. The molecule has 0 aromatic carbocycles. The molecule has 9 nitrogen and oxygen atoms in total. The molecule has 0 spiro atoms. The van der Waals surface area contributed by atoms with Gasteiger partial charge in [-0.05, 0) is 19.3 Å². The molecule has 0 N–H and O–H groups in total. The van der Waals surface area contributed by atoms with Gasteiger partial charge in [0.2, 0.25) is 0 Å². The van der Waals surface area contributed by atoms with Gasteiger partial charge in [-0.15, -0.1) is 0 Å². The maximum atomic E-state index is 10.5. The summed E-state index contributed by atoms with van der Waals surface area (Å²) in [7, 11) is 0. The number of unbranched alkanes of at least 4 members (excludes halogenated alkanes) is 25. The fourth-order valence-electron chi connectivity index (χ4n) is 5.04. The zero-order valence-corrected chi connectivity index (χ0v) is 35.9. The van der Waals surface area contributed by atoms with E-state index in [1.54, 1.807) is 22.5 Å². The maximum absolute atomic E-state index is 10.5. The Hall–Kier alpha value is -0.911. The summed E-state index contributed by atoms with van der Waals surface area (Å²) in [4.78, 5) is 41.5. The van der Waals surface area contributed by atoms with Crippen molar-refractivity contribution in [2.45, 2.75) is 238 Å². The van der Waals surface area contributed by atoms with E-state index in [1.807, 2.05) is 0 Å². The summed E-state index contributed by atoms with van der Waals surface area (Å²) in [5, 5.41) is 28.9. The quantitative estimate of drug-likeness (QED) is 0.0280. The molecule has 0 heterocycles. The Morgan fingerprint density at radius 3 is 0.660 bits per heavy atom. The third kappa shape index (κ3) is 62.2. The second-order valence-electron chi connectivity index (χ2n) is 13.2. The molecular formula is C40H78O9Sn. The molecule has 0 saturated carbocycles. The van der Waals surface area contributed by atoms with Gasteiger partial charge in [0.05, 0.1) is 0 Å². The van der Waals surface area contributed by atoms with E-state index in [2.05, 4.69) is 42.4 Å². The summed E-state index contributed by atoms with van der Waals surface area (Å²) in [6.07, 6.45) is 36.1. The van der Waals surface area contributed by atoms with Crippen molar-refractivity contribution >= 4 is 40.4 Å². The standard InChI is InChI=1S/3C12H24O3.C4H9.Sn/c3*1-2-3-4-5-6-7-8-9-10-11-12(13)15-14;1-3-4-2;/h3*14H,2-11H2,1H3;1,3-4H2,2H3;/q;;;;+3/p-3. The van der Waals surface area contributed by atoms with Crippen LogP contribution >= 0.6 is 0 Å². The van der Waals surface area contributed by atoms with Crippen LogP contribution in [0.1, 0.15) is 233 Å². The molecule has 0 saturated heterocycles. The van der Waals surface area contributed by atoms with Gasteiger partial charge >= 0.3 is 46.7 Å². The van der Waals surface area contributed by atoms with Gasteiger partial charge in [-0.2, -0.15) is 0 Å². The van der Waals surface area contributed by atoms with Crippen molar-refractivity contribution in [2.75, 3.05) is 0 Å². The van der Waals surface area contributed by atoms with Crippen molar-refractivity contribution < 1.29 is 44.8 Å². The van der Waals surface area contributed by atoms with Crippen LogP contribution in [0.15, 0.2) is 0 Å². The van der Waals surface area contributed by atoms with Gasteiger partial charge in [0, 0.05) is 19.3 Å². The average Bonchev–Trinajstić information content (AvgIpc) is 3.13. The molecule has 0 aromatic heterocycles. The van der Waals surface area contributed by atoms with Gasteiger partial charge in [-0.3, -0.25) is 14.4 Å². The molecule has 50 heavy (non-hydrogen) atoms. The van der Waals surface area contributed by atoms with E-state index in [0.29, 0.717) is 0 Å². The Balaban J connectivity index is -0.000000296. The summed E-state index contributed by atoms with van der Waals surface area (Å²) in [5.74, 6) is -1.88. The van der Waals surface area contributed by atoms with E-state index in [9.17, 15) is 30.2 Å². The van der Waals surface area contributed by atoms with Crippen LogP contribution in [0.3, 0.4) is 0 Å². The van der Waals surface area contributed by atoms with Crippen LogP contribution in [0, 0.1) is 0 Å². The van der Waals surface area contributed by atoms with Crippen LogP contribution < -0.4 is 15.8 Å². The Kier molecular flexibility index (Phi) is 61.3. The molecule has 0 aliphatic rings. The Morgan fingerprint density at radius 2 is 0.520 bits per heavy atom. The number of rotatable bonds is 32. The first-order valence-corrected chi connectivity index (χ1v) is 22.5. The monoisotopic (exact) mass is 822 g/mol. The van der Waals surface area contributed by atoms with E-state index in [4.69, 9.17) is 0 Å². The molecular weight excluding hydrogens is 743 g/mol. The summed E-state index contributed by atoms with van der Waals surface area (Å²) in [6, 6.07) is 0. The Labute approximate surface area is 321 Å². The summed E-state index contributed by atoms with van der Waals surface area (Å²) < 4.78 is 1.43. The number of hydrogen-bond donors (Lipinski definition) is 0. The van der Waals surface area contributed by atoms with Crippen LogP contribution in [0.25, 0.3) is 0 Å². The fourth-order valence-corrected chi connectivity index (χ4v) is 6.05. The number of carbonyl (C=O) groups is 3. The van der Waals surface area contributed by atoms with Crippen molar-refractivity contribution in [2.24, 2.45) is 0 Å². The average molecular weight is 822 g/mol. The molecule has 0 bridgehead atoms. The number of hydrogen-bond acceptors (Lipinski definition) is 9. The minimum absolute atomic E-state index is 0.277. The SMILES string of the molecule is CCCCCCCCCCCC(=O)O[O-].CCCCCCCCCCCC(=O)O[O-].CCCCCCCCCCCC(=O)O[O-].CCC[CH2][Sn+3]. The number of carbonyl (C=O) groups excluding carboxylic acids is 3. The molecule has 0 radical (unpaired) electrons. The van der Waals surface area contributed by atoms with E-state index in [-0.39, 0.29) is 19.3 Å². The van der Waals surface area contributed by atoms with Crippen LogP contribution in [0.5, 0.6) is 0 Å². The van der Waals surface area contributed by atoms with Gasteiger partial charge in [0.15, 0.2) is 0 Å². The van der Waals surface area contributed by atoms with Gasteiger partial charge in [0.25, 0.3) is 17.9 Å². The van der Waals surface area contributed by atoms with Crippen molar-refractivity contribution in [3.63, 3.8) is 0 Å². The third-order valence-electron chi connectivity index (χ3n) is 8.26. The van der Waals surface area contributed by atoms with Gasteiger partial charge < -0.3 is 30.4 Å². The summed E-state index contributed by atoms with van der Waals surface area (Å²) in [5.41, 5.74) is 0. The topological polar surface area (TPSA) is 148 Å². The second-order valence-corrected chi connectivity index (χ2v) is 14.6. The van der Waals surface area contributed by atoms with E-state index in [1.165, 1.54) is 133 Å². The summed E-state index contributed by atoms with van der Waals surface area (Å²) >= 11 is 1.68. The first-order valence-electron chi connectivity index (χ1n) is 20.5. The van der Waals surface area contributed by atoms with E-state index < -0.39 is 17.9 Å². The third-order valence-corrected chi connectivity index (χ3v) is 9.27. The van der Waals surface area contributed by atoms with Crippen LogP contribution in [-0.4, -0.2) is 40.4 Å². The van der Waals surface area contributed by atoms with Crippen LogP contribution in [0.4, 0.5) is 0 Å². The second kappa shape index (κ2) is 54.9. The predicted molar refractivity (Wildman–Crippen MR) is 199 cm³/mol. The van der Waals surface area contributed by atoms with Crippen molar-refractivity contribution in [1.29, 1.82) is 0 Å². The molecule has 10 heteroatoms. The Morgan fingerprint density at radius 1 is 0.340 bits per heavy atom. The van der Waals surface area contributed by atoms with Crippen molar-refractivity contribution in [3.05, 3.63) is 0 Å². The molecule has 0 atom stereocenters.